The number of nitrogens with one attached hydrogen (secondary N) is 2. The van der Waals surface area contributed by atoms with Crippen molar-refractivity contribution in [2.75, 3.05) is 20.7 Å². The van der Waals surface area contributed by atoms with Gasteiger partial charge in [0.1, 0.15) is 0 Å². The Morgan fingerprint density at radius 2 is 2.14 bits per heavy atom. The summed E-state index contributed by atoms with van der Waals surface area (Å²) in [7, 11) is 3.11. The summed E-state index contributed by atoms with van der Waals surface area (Å²) in [6.07, 6.45) is 0.417. The van der Waals surface area contributed by atoms with E-state index in [4.69, 9.17) is 21.1 Å². The highest BCUT2D eigenvalue weighted by atomic mass is 35.5. The molecule has 1 rings (SSSR count). The summed E-state index contributed by atoms with van der Waals surface area (Å²) in [6, 6.07) is 3.68. The number of benzene rings is 1. The molecule has 0 saturated carbocycles. The van der Waals surface area contributed by atoms with Crippen LogP contribution in [0, 0.1) is 0 Å². The second-order valence-corrected chi connectivity index (χ2v) is 5.07. The summed E-state index contributed by atoms with van der Waals surface area (Å²) in [5.41, 5.74) is 1.00. The number of carbonyl (C=O) groups is 1. The maximum absolute atomic E-state index is 11.5. The summed E-state index contributed by atoms with van der Waals surface area (Å²) < 4.78 is 10.9. The highest BCUT2D eigenvalue weighted by molar-refractivity contribution is 6.32. The smallest absolute Gasteiger partial charge is 0.260 e. The van der Waals surface area contributed by atoms with Crippen LogP contribution in [0.25, 0.3) is 0 Å². The van der Waals surface area contributed by atoms with Gasteiger partial charge < -0.3 is 20.1 Å². The van der Waals surface area contributed by atoms with E-state index in [0.717, 1.165) is 18.5 Å². The lowest BCUT2D eigenvalue weighted by Gasteiger charge is -2.18. The van der Waals surface area contributed by atoms with Crippen LogP contribution >= 0.6 is 11.6 Å². The molecule has 1 aromatic carbocycles. The monoisotopic (exact) mass is 314 g/mol. The predicted octanol–water partition coefficient (Wildman–Crippen LogP) is 2.36. The topological polar surface area (TPSA) is 59.6 Å². The summed E-state index contributed by atoms with van der Waals surface area (Å²) in [4.78, 5) is 11.5. The normalized spacial score (nSPS) is 11.9. The highest BCUT2D eigenvalue weighted by Gasteiger charge is 2.18. The Hall–Kier alpha value is -1.46. The minimum atomic E-state index is -0.648. The van der Waals surface area contributed by atoms with Crippen LogP contribution in [0.15, 0.2) is 12.1 Å². The summed E-state index contributed by atoms with van der Waals surface area (Å²) >= 11 is 6.25. The Morgan fingerprint density at radius 1 is 1.43 bits per heavy atom. The van der Waals surface area contributed by atoms with Crippen LogP contribution in [0.2, 0.25) is 5.02 Å². The molecule has 0 spiro atoms. The van der Waals surface area contributed by atoms with Crippen molar-refractivity contribution in [3.05, 3.63) is 22.7 Å². The molecule has 21 heavy (non-hydrogen) atoms. The summed E-state index contributed by atoms with van der Waals surface area (Å²) in [5, 5.41) is 6.26. The standard InChI is InChI=1S/C15H23ClN2O3/c1-5-6-18-9-11-7-12(16)14(13(8-11)20-4)21-10(2)15(19)17-3/h7-8,10,18H,5-6,9H2,1-4H3,(H,17,19). The zero-order valence-corrected chi connectivity index (χ0v) is 13.7. The van der Waals surface area contributed by atoms with E-state index in [-0.39, 0.29) is 5.91 Å². The fraction of sp³-hybridized carbons (Fsp3) is 0.533. The predicted molar refractivity (Wildman–Crippen MR) is 84.2 cm³/mol. The van der Waals surface area contributed by atoms with Gasteiger partial charge in [0.05, 0.1) is 12.1 Å². The number of hydrogen-bond acceptors (Lipinski definition) is 4. The second kappa shape index (κ2) is 8.74. The van der Waals surface area contributed by atoms with E-state index >= 15 is 0 Å². The molecule has 0 aliphatic heterocycles. The van der Waals surface area contributed by atoms with E-state index < -0.39 is 6.10 Å². The van der Waals surface area contributed by atoms with E-state index in [1.54, 1.807) is 21.1 Å². The third kappa shape index (κ3) is 5.10. The fourth-order valence-corrected chi connectivity index (χ4v) is 2.11. The Bertz CT molecular complexity index is 480. The van der Waals surface area contributed by atoms with Gasteiger partial charge in [-0.25, -0.2) is 0 Å². The lowest BCUT2D eigenvalue weighted by atomic mass is 10.2. The molecule has 2 N–H and O–H groups in total. The van der Waals surface area contributed by atoms with E-state index in [1.807, 2.05) is 12.1 Å². The highest BCUT2D eigenvalue weighted by Crippen LogP contribution is 2.37. The van der Waals surface area contributed by atoms with E-state index in [9.17, 15) is 4.79 Å². The molecular formula is C15H23ClN2O3. The maximum atomic E-state index is 11.5. The minimum absolute atomic E-state index is 0.221. The SMILES string of the molecule is CCCNCc1cc(Cl)c(OC(C)C(=O)NC)c(OC)c1. The van der Waals surface area contributed by atoms with Crippen LogP contribution in [-0.2, 0) is 11.3 Å². The largest absolute Gasteiger partial charge is 0.493 e. The first-order valence-corrected chi connectivity index (χ1v) is 7.36. The molecule has 1 atom stereocenters. The molecule has 5 nitrogen and oxygen atoms in total. The van der Waals surface area contributed by atoms with Crippen molar-refractivity contribution < 1.29 is 14.3 Å². The number of ether oxygens (including phenoxy) is 2. The lowest BCUT2D eigenvalue weighted by Crippen LogP contribution is -2.33. The zero-order valence-electron chi connectivity index (χ0n) is 13.0. The Balaban J connectivity index is 2.91. The average Bonchev–Trinajstić information content (AvgIpc) is 2.48. The van der Waals surface area contributed by atoms with Crippen molar-refractivity contribution in [3.8, 4) is 11.5 Å². The number of methoxy groups -OCH3 is 1. The Kier molecular flexibility index (Phi) is 7.32. The van der Waals surface area contributed by atoms with Crippen molar-refractivity contribution in [1.29, 1.82) is 0 Å². The first-order chi connectivity index (χ1) is 10.0. The van der Waals surface area contributed by atoms with Gasteiger partial charge in [-0.15, -0.1) is 0 Å². The van der Waals surface area contributed by atoms with E-state index in [2.05, 4.69) is 17.6 Å². The molecule has 0 aliphatic carbocycles. The third-order valence-corrected chi connectivity index (χ3v) is 3.24. The van der Waals surface area contributed by atoms with Gasteiger partial charge in [0, 0.05) is 13.6 Å². The molecule has 0 fully saturated rings. The maximum Gasteiger partial charge on any atom is 0.260 e. The van der Waals surface area contributed by atoms with Gasteiger partial charge in [-0.2, -0.15) is 0 Å². The van der Waals surface area contributed by atoms with Gasteiger partial charge in [0.15, 0.2) is 17.6 Å². The fourth-order valence-electron chi connectivity index (χ4n) is 1.83. The number of amides is 1. The van der Waals surface area contributed by atoms with Crippen LogP contribution < -0.4 is 20.1 Å². The summed E-state index contributed by atoms with van der Waals surface area (Å²) in [6.45, 7) is 5.41. The first kappa shape index (κ1) is 17.6. The van der Waals surface area contributed by atoms with Gasteiger partial charge >= 0.3 is 0 Å². The molecule has 1 aromatic rings. The van der Waals surface area contributed by atoms with Crippen LogP contribution in [0.1, 0.15) is 25.8 Å². The van der Waals surface area contributed by atoms with E-state index in [0.29, 0.717) is 23.1 Å². The minimum Gasteiger partial charge on any atom is -0.493 e. The van der Waals surface area contributed by atoms with Gasteiger partial charge in [-0.3, -0.25) is 4.79 Å². The third-order valence-electron chi connectivity index (χ3n) is 2.96. The molecule has 1 unspecified atom stereocenters. The average molecular weight is 315 g/mol. The van der Waals surface area contributed by atoms with Gasteiger partial charge in [0.25, 0.3) is 5.91 Å². The van der Waals surface area contributed by atoms with Crippen molar-refractivity contribution in [2.45, 2.75) is 32.9 Å². The lowest BCUT2D eigenvalue weighted by molar-refractivity contribution is -0.126. The van der Waals surface area contributed by atoms with Crippen LogP contribution in [0.4, 0.5) is 0 Å². The quantitative estimate of drug-likeness (QED) is 0.723. The molecule has 0 radical (unpaired) electrons. The van der Waals surface area contributed by atoms with Gasteiger partial charge in [-0.1, -0.05) is 18.5 Å². The second-order valence-electron chi connectivity index (χ2n) is 4.66. The van der Waals surface area contributed by atoms with Crippen LogP contribution in [0.3, 0.4) is 0 Å². The van der Waals surface area contributed by atoms with Crippen molar-refractivity contribution in [2.24, 2.45) is 0 Å². The molecule has 1 amide bonds. The molecule has 0 aromatic heterocycles. The number of hydrogen-bond donors (Lipinski definition) is 2. The van der Waals surface area contributed by atoms with Gasteiger partial charge in [-0.05, 0) is 37.6 Å². The molecule has 0 saturated heterocycles. The number of halogens is 1. The van der Waals surface area contributed by atoms with Crippen molar-refractivity contribution in [1.82, 2.24) is 10.6 Å². The molecule has 6 heteroatoms. The zero-order chi connectivity index (χ0) is 15.8. The number of likely N-dealkylation sites (N-methyl/N-ethyl adjacent to an activating group) is 1. The van der Waals surface area contributed by atoms with Crippen molar-refractivity contribution in [3.63, 3.8) is 0 Å². The van der Waals surface area contributed by atoms with Gasteiger partial charge in [0.2, 0.25) is 0 Å². The Labute approximate surface area is 131 Å². The molecule has 0 heterocycles. The molecule has 0 aliphatic rings. The van der Waals surface area contributed by atoms with Crippen LogP contribution in [0.5, 0.6) is 11.5 Å². The molecule has 118 valence electrons. The number of carbonyl (C=O) groups excluding carboxylic acids is 1. The molecule has 0 bridgehead atoms. The Morgan fingerprint density at radius 3 is 2.71 bits per heavy atom. The molecular weight excluding hydrogens is 292 g/mol. The van der Waals surface area contributed by atoms with Crippen molar-refractivity contribution >= 4 is 17.5 Å². The van der Waals surface area contributed by atoms with Crippen LogP contribution in [-0.4, -0.2) is 32.7 Å². The van der Waals surface area contributed by atoms with E-state index in [1.165, 1.54) is 0 Å². The number of rotatable bonds is 8. The summed E-state index contributed by atoms with van der Waals surface area (Å²) in [5.74, 6) is 0.683. The first-order valence-electron chi connectivity index (χ1n) is 6.98.